The van der Waals surface area contributed by atoms with Crippen molar-refractivity contribution in [1.82, 2.24) is 9.21 Å². The van der Waals surface area contributed by atoms with Gasteiger partial charge in [0, 0.05) is 43.5 Å². The van der Waals surface area contributed by atoms with Crippen LogP contribution in [-0.4, -0.2) is 55.6 Å². The summed E-state index contributed by atoms with van der Waals surface area (Å²) in [5, 5.41) is 12.4. The summed E-state index contributed by atoms with van der Waals surface area (Å²) >= 11 is 1.33. The van der Waals surface area contributed by atoms with Gasteiger partial charge in [-0.3, -0.25) is 9.59 Å². The minimum Gasteiger partial charge on any atom is -0.340 e. The lowest BCUT2D eigenvalue weighted by molar-refractivity contribution is -0.129. The SMILES string of the molecule is CCc1cc(C#N)c(NC(=O)c2cccc(S(=O)(=O)N3CCN(C(C)=O)CC3)c2)s1. The van der Waals surface area contributed by atoms with Crippen LogP contribution in [0.1, 0.15) is 34.6 Å². The van der Waals surface area contributed by atoms with Gasteiger partial charge in [0.2, 0.25) is 15.9 Å². The van der Waals surface area contributed by atoms with Crippen LogP contribution in [0.2, 0.25) is 0 Å². The lowest BCUT2D eigenvalue weighted by Crippen LogP contribution is -2.49. The molecule has 0 spiro atoms. The standard InChI is InChI=1S/C20H22N4O4S2/c1-3-17-11-16(13-21)20(29-17)22-19(26)15-5-4-6-18(12-15)30(27,28)24-9-7-23(8-10-24)14(2)25/h4-6,11-12H,3,7-10H2,1-2H3,(H,22,26). The van der Waals surface area contributed by atoms with Gasteiger partial charge in [0.05, 0.1) is 10.5 Å². The molecule has 8 nitrogen and oxygen atoms in total. The summed E-state index contributed by atoms with van der Waals surface area (Å²) in [6.45, 7) is 4.51. The van der Waals surface area contributed by atoms with E-state index in [1.807, 2.05) is 6.92 Å². The number of benzene rings is 1. The first-order chi connectivity index (χ1) is 14.3. The van der Waals surface area contributed by atoms with Gasteiger partial charge in [0.1, 0.15) is 11.1 Å². The van der Waals surface area contributed by atoms with Crippen molar-refractivity contribution < 1.29 is 18.0 Å². The summed E-state index contributed by atoms with van der Waals surface area (Å²) in [6.07, 6.45) is 0.750. The highest BCUT2D eigenvalue weighted by Gasteiger charge is 2.29. The van der Waals surface area contributed by atoms with Gasteiger partial charge in [-0.25, -0.2) is 8.42 Å². The molecule has 1 saturated heterocycles. The smallest absolute Gasteiger partial charge is 0.256 e. The molecule has 30 heavy (non-hydrogen) atoms. The Morgan fingerprint density at radius 3 is 2.50 bits per heavy atom. The van der Waals surface area contributed by atoms with Crippen molar-refractivity contribution in [2.45, 2.75) is 25.2 Å². The van der Waals surface area contributed by atoms with Gasteiger partial charge in [-0.2, -0.15) is 9.57 Å². The molecule has 0 radical (unpaired) electrons. The molecule has 0 bridgehead atoms. The topological polar surface area (TPSA) is 111 Å². The molecule has 1 aromatic carbocycles. The van der Waals surface area contributed by atoms with E-state index in [0.29, 0.717) is 23.7 Å². The van der Waals surface area contributed by atoms with Crippen molar-refractivity contribution in [2.75, 3.05) is 31.5 Å². The second kappa shape index (κ2) is 8.95. The maximum atomic E-state index is 13.0. The van der Waals surface area contributed by atoms with Crippen LogP contribution in [0.5, 0.6) is 0 Å². The molecule has 1 fully saturated rings. The summed E-state index contributed by atoms with van der Waals surface area (Å²) in [6, 6.07) is 9.63. The third kappa shape index (κ3) is 4.53. The molecule has 2 amide bonds. The van der Waals surface area contributed by atoms with Crippen LogP contribution in [-0.2, 0) is 21.2 Å². The van der Waals surface area contributed by atoms with Crippen molar-refractivity contribution in [2.24, 2.45) is 0 Å². The molecule has 0 atom stereocenters. The van der Waals surface area contributed by atoms with Gasteiger partial charge < -0.3 is 10.2 Å². The van der Waals surface area contributed by atoms with E-state index < -0.39 is 15.9 Å². The Bertz CT molecular complexity index is 1110. The van der Waals surface area contributed by atoms with Crippen LogP contribution in [0, 0.1) is 11.3 Å². The lowest BCUT2D eigenvalue weighted by atomic mass is 10.2. The Balaban J connectivity index is 1.79. The third-order valence-corrected chi connectivity index (χ3v) is 7.99. The van der Waals surface area contributed by atoms with Crippen molar-refractivity contribution in [3.05, 3.63) is 46.3 Å². The van der Waals surface area contributed by atoms with Gasteiger partial charge in [-0.15, -0.1) is 11.3 Å². The summed E-state index contributed by atoms with van der Waals surface area (Å²) in [5.41, 5.74) is 0.575. The first-order valence-corrected chi connectivity index (χ1v) is 11.7. The number of nitrogens with one attached hydrogen (secondary N) is 1. The fraction of sp³-hybridized carbons (Fsp3) is 0.350. The van der Waals surface area contributed by atoms with Gasteiger partial charge in [0.15, 0.2) is 0 Å². The number of carbonyl (C=O) groups excluding carboxylic acids is 2. The molecule has 1 aliphatic heterocycles. The summed E-state index contributed by atoms with van der Waals surface area (Å²) in [4.78, 5) is 26.7. The van der Waals surface area contributed by atoms with Gasteiger partial charge in [0.25, 0.3) is 5.91 Å². The monoisotopic (exact) mass is 446 g/mol. The minimum atomic E-state index is -3.79. The van der Waals surface area contributed by atoms with Crippen LogP contribution < -0.4 is 5.32 Å². The number of hydrogen-bond donors (Lipinski definition) is 1. The molecule has 0 saturated carbocycles. The van der Waals surface area contributed by atoms with Crippen molar-refractivity contribution in [3.63, 3.8) is 0 Å². The summed E-state index contributed by atoms with van der Waals surface area (Å²) < 4.78 is 27.3. The number of thiophene rings is 1. The van der Waals surface area contributed by atoms with Crippen LogP contribution >= 0.6 is 11.3 Å². The zero-order valence-electron chi connectivity index (χ0n) is 16.7. The Kier molecular flexibility index (Phi) is 6.55. The molecule has 1 aliphatic rings. The second-order valence-corrected chi connectivity index (χ2v) is 9.89. The minimum absolute atomic E-state index is 0.0207. The summed E-state index contributed by atoms with van der Waals surface area (Å²) in [7, 11) is -3.79. The van der Waals surface area contributed by atoms with Crippen LogP contribution in [0.4, 0.5) is 5.00 Å². The predicted molar refractivity (Wildman–Crippen MR) is 114 cm³/mol. The van der Waals surface area contributed by atoms with E-state index in [1.54, 1.807) is 11.0 Å². The van der Waals surface area contributed by atoms with Gasteiger partial charge in [-0.05, 0) is 30.7 Å². The highest BCUT2D eigenvalue weighted by Crippen LogP contribution is 2.28. The molecule has 2 aromatic rings. The van der Waals surface area contributed by atoms with Crippen molar-refractivity contribution in [3.8, 4) is 6.07 Å². The first-order valence-electron chi connectivity index (χ1n) is 9.46. The fourth-order valence-electron chi connectivity index (χ4n) is 3.16. The molecular weight excluding hydrogens is 424 g/mol. The lowest BCUT2D eigenvalue weighted by Gasteiger charge is -2.33. The number of nitrogens with zero attached hydrogens (tertiary/aromatic N) is 3. The quantitative estimate of drug-likeness (QED) is 0.758. The molecule has 158 valence electrons. The highest BCUT2D eigenvalue weighted by atomic mass is 32.2. The van der Waals surface area contributed by atoms with E-state index in [4.69, 9.17) is 0 Å². The van der Waals surface area contributed by atoms with Crippen LogP contribution in [0.25, 0.3) is 0 Å². The predicted octanol–water partition coefficient (Wildman–Crippen LogP) is 2.29. The number of rotatable bonds is 5. The van der Waals surface area contributed by atoms with E-state index in [2.05, 4.69) is 11.4 Å². The van der Waals surface area contributed by atoms with E-state index in [-0.39, 0.29) is 29.5 Å². The van der Waals surface area contributed by atoms with E-state index in [9.17, 15) is 23.3 Å². The number of piperazine rings is 1. The van der Waals surface area contributed by atoms with Crippen molar-refractivity contribution in [1.29, 1.82) is 5.26 Å². The maximum Gasteiger partial charge on any atom is 0.256 e. The largest absolute Gasteiger partial charge is 0.340 e. The van der Waals surface area contributed by atoms with Gasteiger partial charge >= 0.3 is 0 Å². The number of hydrogen-bond acceptors (Lipinski definition) is 6. The molecule has 0 unspecified atom stereocenters. The number of aryl methyl sites for hydroxylation is 1. The fourth-order valence-corrected chi connectivity index (χ4v) is 5.57. The third-order valence-electron chi connectivity index (χ3n) is 4.90. The van der Waals surface area contributed by atoms with Crippen molar-refractivity contribution >= 4 is 38.2 Å². The van der Waals surface area contributed by atoms with Gasteiger partial charge in [-0.1, -0.05) is 13.0 Å². The Hall–Kier alpha value is -2.74. The average Bonchev–Trinajstić information content (AvgIpc) is 3.15. The number of sulfonamides is 1. The zero-order chi connectivity index (χ0) is 21.9. The number of carbonyl (C=O) groups is 2. The number of anilines is 1. The average molecular weight is 447 g/mol. The first kappa shape index (κ1) is 22.0. The zero-order valence-corrected chi connectivity index (χ0v) is 18.3. The van der Waals surface area contributed by atoms with Crippen LogP contribution in [0.3, 0.4) is 0 Å². The number of nitriles is 1. The molecule has 0 aliphatic carbocycles. The maximum absolute atomic E-state index is 13.0. The van der Waals surface area contributed by atoms with E-state index in [0.717, 1.165) is 11.3 Å². The summed E-state index contributed by atoms with van der Waals surface area (Å²) in [5.74, 6) is -0.559. The molecule has 3 rings (SSSR count). The Labute approximate surface area is 179 Å². The normalized spacial score (nSPS) is 14.9. The molecule has 1 aromatic heterocycles. The molecule has 1 N–H and O–H groups in total. The molecule has 10 heteroatoms. The Morgan fingerprint density at radius 2 is 1.90 bits per heavy atom. The van der Waals surface area contributed by atoms with E-state index >= 15 is 0 Å². The second-order valence-electron chi connectivity index (χ2n) is 6.81. The van der Waals surface area contributed by atoms with Crippen LogP contribution in [0.15, 0.2) is 35.2 Å². The molecular formula is C20H22N4O4S2. The molecule has 2 heterocycles. The highest BCUT2D eigenvalue weighted by molar-refractivity contribution is 7.89. The Morgan fingerprint density at radius 1 is 1.20 bits per heavy atom. The number of amides is 2. The van der Waals surface area contributed by atoms with E-state index in [1.165, 1.54) is 46.8 Å².